The summed E-state index contributed by atoms with van der Waals surface area (Å²) in [6.07, 6.45) is 2.38. The normalized spacial score (nSPS) is 18.7. The topological polar surface area (TPSA) is 34.1 Å². The van der Waals surface area contributed by atoms with Crippen molar-refractivity contribution in [2.24, 2.45) is 0 Å². The van der Waals surface area contributed by atoms with Crippen molar-refractivity contribution in [1.29, 1.82) is 0 Å². The van der Waals surface area contributed by atoms with Crippen molar-refractivity contribution in [2.75, 3.05) is 0 Å². The molecule has 0 bridgehead atoms. The fourth-order valence-electron chi connectivity index (χ4n) is 1.95. The van der Waals surface area contributed by atoms with Crippen LogP contribution in [0.5, 0.6) is 0 Å². The summed E-state index contributed by atoms with van der Waals surface area (Å²) in [4.78, 5) is 0. The van der Waals surface area contributed by atoms with Gasteiger partial charge in [0.05, 0.1) is 10.5 Å². The van der Waals surface area contributed by atoms with Gasteiger partial charge in [-0.25, -0.2) is 8.42 Å². The molecule has 2 rings (SSSR count). The zero-order valence-electron chi connectivity index (χ0n) is 8.89. The number of hydrogen-bond donors (Lipinski definition) is 0. The van der Waals surface area contributed by atoms with E-state index in [1.54, 1.807) is 0 Å². The molecular formula is C12H16O2S. The van der Waals surface area contributed by atoms with Crippen LogP contribution in [-0.4, -0.2) is 13.7 Å². The van der Waals surface area contributed by atoms with Crippen molar-refractivity contribution in [3.63, 3.8) is 0 Å². The molecule has 1 fully saturated rings. The van der Waals surface area contributed by atoms with Crippen LogP contribution < -0.4 is 0 Å². The lowest BCUT2D eigenvalue weighted by Gasteiger charge is -2.15. The molecule has 2 nitrogen and oxygen atoms in total. The Hall–Kier alpha value is -0.830. The molecule has 0 aromatic heterocycles. The van der Waals surface area contributed by atoms with Gasteiger partial charge < -0.3 is 0 Å². The molecule has 1 atom stereocenters. The average molecular weight is 224 g/mol. The molecule has 0 radical (unpaired) electrons. The lowest BCUT2D eigenvalue weighted by Crippen LogP contribution is -2.17. The standard InChI is InChI=1S/C12H16O2S/c1-2-12(10-6-4-3-5-7-10)15(13,14)11-8-9-11/h3-7,11-12H,2,8-9H2,1H3. The Balaban J connectivity index is 2.32. The quantitative estimate of drug-likeness (QED) is 0.788. The van der Waals surface area contributed by atoms with Gasteiger partial charge in [0.2, 0.25) is 0 Å². The maximum atomic E-state index is 12.1. The largest absolute Gasteiger partial charge is 0.228 e. The lowest BCUT2D eigenvalue weighted by atomic mass is 10.1. The van der Waals surface area contributed by atoms with Gasteiger partial charge in [0.1, 0.15) is 0 Å². The highest BCUT2D eigenvalue weighted by Crippen LogP contribution is 2.38. The molecule has 0 spiro atoms. The van der Waals surface area contributed by atoms with Gasteiger partial charge in [0.25, 0.3) is 0 Å². The molecule has 0 amide bonds. The maximum Gasteiger partial charge on any atom is 0.160 e. The zero-order chi connectivity index (χ0) is 10.9. The van der Waals surface area contributed by atoms with E-state index in [0.717, 1.165) is 18.4 Å². The summed E-state index contributed by atoms with van der Waals surface area (Å²) < 4.78 is 24.2. The van der Waals surface area contributed by atoms with Gasteiger partial charge in [-0.15, -0.1) is 0 Å². The second kappa shape index (κ2) is 3.97. The van der Waals surface area contributed by atoms with E-state index in [0.29, 0.717) is 6.42 Å². The molecule has 1 aliphatic rings. The fourth-order valence-corrected chi connectivity index (χ4v) is 4.21. The molecule has 0 heterocycles. The van der Waals surface area contributed by atoms with E-state index in [-0.39, 0.29) is 10.5 Å². The average Bonchev–Trinajstić information content (AvgIpc) is 3.03. The molecule has 15 heavy (non-hydrogen) atoms. The lowest BCUT2D eigenvalue weighted by molar-refractivity contribution is 0.578. The molecule has 1 aromatic rings. The second-order valence-electron chi connectivity index (χ2n) is 4.10. The van der Waals surface area contributed by atoms with Crippen LogP contribution in [0.25, 0.3) is 0 Å². The van der Waals surface area contributed by atoms with Crippen molar-refractivity contribution >= 4 is 9.84 Å². The van der Waals surface area contributed by atoms with Gasteiger partial charge in [0.15, 0.2) is 9.84 Å². The predicted molar refractivity (Wildman–Crippen MR) is 61.4 cm³/mol. The highest BCUT2D eigenvalue weighted by atomic mass is 32.2. The summed E-state index contributed by atoms with van der Waals surface area (Å²) in [5.41, 5.74) is 0.937. The Labute approximate surface area is 91.2 Å². The number of rotatable bonds is 4. The summed E-state index contributed by atoms with van der Waals surface area (Å²) in [5.74, 6) is 0. The van der Waals surface area contributed by atoms with Crippen molar-refractivity contribution in [1.82, 2.24) is 0 Å². The first kappa shape index (κ1) is 10.7. The van der Waals surface area contributed by atoms with E-state index in [1.807, 2.05) is 37.3 Å². The smallest absolute Gasteiger partial charge is 0.160 e. The number of sulfone groups is 1. The van der Waals surface area contributed by atoms with Gasteiger partial charge in [-0.3, -0.25) is 0 Å². The minimum atomic E-state index is -2.93. The highest BCUT2D eigenvalue weighted by Gasteiger charge is 2.40. The second-order valence-corrected chi connectivity index (χ2v) is 6.51. The van der Waals surface area contributed by atoms with E-state index in [1.165, 1.54) is 0 Å². The van der Waals surface area contributed by atoms with Gasteiger partial charge >= 0.3 is 0 Å². The Morgan fingerprint density at radius 3 is 2.33 bits per heavy atom. The van der Waals surface area contributed by atoms with E-state index in [4.69, 9.17) is 0 Å². The Morgan fingerprint density at radius 1 is 1.27 bits per heavy atom. The third-order valence-electron chi connectivity index (χ3n) is 2.93. The molecule has 1 aromatic carbocycles. The zero-order valence-corrected chi connectivity index (χ0v) is 9.70. The van der Waals surface area contributed by atoms with Gasteiger partial charge in [0, 0.05) is 0 Å². The van der Waals surface area contributed by atoms with Crippen molar-refractivity contribution < 1.29 is 8.42 Å². The van der Waals surface area contributed by atoms with Crippen LogP contribution in [0, 0.1) is 0 Å². The minimum Gasteiger partial charge on any atom is -0.228 e. The fraction of sp³-hybridized carbons (Fsp3) is 0.500. The Morgan fingerprint density at radius 2 is 1.87 bits per heavy atom. The Bertz CT molecular complexity index is 418. The van der Waals surface area contributed by atoms with Crippen molar-refractivity contribution in [3.05, 3.63) is 35.9 Å². The molecule has 0 aliphatic heterocycles. The van der Waals surface area contributed by atoms with E-state index < -0.39 is 9.84 Å². The summed E-state index contributed by atoms with van der Waals surface area (Å²) in [7, 11) is -2.93. The van der Waals surface area contributed by atoms with Crippen LogP contribution >= 0.6 is 0 Å². The first-order valence-electron chi connectivity index (χ1n) is 5.44. The SMILES string of the molecule is CCC(c1ccccc1)S(=O)(=O)C1CC1. The van der Waals surface area contributed by atoms with Gasteiger partial charge in [-0.2, -0.15) is 0 Å². The van der Waals surface area contributed by atoms with Crippen LogP contribution in [0.3, 0.4) is 0 Å². The Kier molecular flexibility index (Phi) is 2.83. The van der Waals surface area contributed by atoms with Gasteiger partial charge in [-0.05, 0) is 24.8 Å². The molecule has 0 N–H and O–H groups in total. The molecule has 1 saturated carbocycles. The molecule has 1 aliphatic carbocycles. The predicted octanol–water partition coefficient (Wildman–Crippen LogP) is 2.71. The van der Waals surface area contributed by atoms with E-state index >= 15 is 0 Å². The van der Waals surface area contributed by atoms with Crippen molar-refractivity contribution in [2.45, 2.75) is 36.7 Å². The van der Waals surface area contributed by atoms with Crippen molar-refractivity contribution in [3.8, 4) is 0 Å². The van der Waals surface area contributed by atoms with E-state index in [2.05, 4.69) is 0 Å². The molecule has 3 heteroatoms. The minimum absolute atomic E-state index is 0.0670. The third kappa shape index (κ3) is 2.07. The van der Waals surface area contributed by atoms with Gasteiger partial charge in [-0.1, -0.05) is 37.3 Å². The number of benzene rings is 1. The van der Waals surface area contributed by atoms with Crippen LogP contribution in [0.4, 0.5) is 0 Å². The van der Waals surface area contributed by atoms with Crippen LogP contribution in [0.1, 0.15) is 37.0 Å². The summed E-state index contributed by atoms with van der Waals surface area (Å²) in [5, 5.41) is -0.367. The van der Waals surface area contributed by atoms with E-state index in [9.17, 15) is 8.42 Å². The van der Waals surface area contributed by atoms with Crippen LogP contribution in [-0.2, 0) is 9.84 Å². The summed E-state index contributed by atoms with van der Waals surface area (Å²) in [6, 6.07) is 9.54. The monoisotopic (exact) mass is 224 g/mol. The first-order chi connectivity index (χ1) is 7.16. The highest BCUT2D eigenvalue weighted by molar-refractivity contribution is 7.92. The number of hydrogen-bond acceptors (Lipinski definition) is 2. The molecule has 82 valence electrons. The third-order valence-corrected chi connectivity index (χ3v) is 5.73. The summed E-state index contributed by atoms with van der Waals surface area (Å²) >= 11 is 0. The first-order valence-corrected chi connectivity index (χ1v) is 7.05. The molecule has 0 saturated heterocycles. The van der Waals surface area contributed by atoms with Crippen LogP contribution in [0.15, 0.2) is 30.3 Å². The summed E-state index contributed by atoms with van der Waals surface area (Å²) in [6.45, 7) is 1.94. The van der Waals surface area contributed by atoms with Crippen LogP contribution in [0.2, 0.25) is 0 Å². The molecule has 1 unspecified atom stereocenters. The molecular weight excluding hydrogens is 208 g/mol. The maximum absolute atomic E-state index is 12.1.